The van der Waals surface area contributed by atoms with Gasteiger partial charge < -0.3 is 5.32 Å². The van der Waals surface area contributed by atoms with Gasteiger partial charge in [-0.15, -0.1) is 0 Å². The Hall–Kier alpha value is -3.19. The third kappa shape index (κ3) is 5.95. The lowest BCUT2D eigenvalue weighted by Gasteiger charge is -2.19. The molecule has 3 rings (SSSR count). The summed E-state index contributed by atoms with van der Waals surface area (Å²) in [6, 6.07) is 19.2. The van der Waals surface area contributed by atoms with Crippen molar-refractivity contribution >= 4 is 21.6 Å². The maximum atomic E-state index is 13.0. The lowest BCUT2D eigenvalue weighted by atomic mass is 9.87. The van der Waals surface area contributed by atoms with Crippen LogP contribution in [-0.2, 0) is 21.9 Å². The molecule has 0 spiro atoms. The highest BCUT2D eigenvalue weighted by atomic mass is 32.2. The maximum absolute atomic E-state index is 13.0. The first-order chi connectivity index (χ1) is 15.1. The van der Waals surface area contributed by atoms with Crippen molar-refractivity contribution in [2.75, 3.05) is 11.3 Å². The van der Waals surface area contributed by atoms with E-state index in [-0.39, 0.29) is 27.4 Å². The largest absolute Gasteiger partial charge is 0.352 e. The van der Waals surface area contributed by atoms with Gasteiger partial charge in [0.05, 0.1) is 16.1 Å². The number of sulfonamides is 1. The van der Waals surface area contributed by atoms with Crippen molar-refractivity contribution in [2.45, 2.75) is 37.5 Å². The van der Waals surface area contributed by atoms with Crippen LogP contribution in [0.3, 0.4) is 0 Å². The van der Waals surface area contributed by atoms with Gasteiger partial charge in [-0.25, -0.2) is 12.8 Å². The normalized spacial score (nSPS) is 11.8. The van der Waals surface area contributed by atoms with Crippen molar-refractivity contribution in [3.63, 3.8) is 0 Å². The molecule has 0 radical (unpaired) electrons. The molecule has 0 heterocycles. The van der Waals surface area contributed by atoms with Crippen LogP contribution >= 0.6 is 0 Å². The lowest BCUT2D eigenvalue weighted by molar-refractivity contribution is 0.0955. The number of amides is 1. The molecule has 0 unspecified atom stereocenters. The summed E-state index contributed by atoms with van der Waals surface area (Å²) in [6.07, 6.45) is 0.528. The summed E-state index contributed by atoms with van der Waals surface area (Å²) in [4.78, 5) is 12.8. The molecule has 0 aromatic heterocycles. The average Bonchev–Trinajstić information content (AvgIpc) is 2.74. The second-order valence-electron chi connectivity index (χ2n) is 8.56. The molecule has 0 aliphatic rings. The van der Waals surface area contributed by atoms with E-state index in [0.717, 1.165) is 11.1 Å². The summed E-state index contributed by atoms with van der Waals surface area (Å²) in [7, 11) is -3.86. The van der Waals surface area contributed by atoms with Gasteiger partial charge in [-0.1, -0.05) is 57.2 Å². The van der Waals surface area contributed by atoms with Crippen LogP contribution in [0.2, 0.25) is 0 Å². The monoisotopic (exact) mass is 454 g/mol. The molecule has 0 fully saturated rings. The molecule has 2 N–H and O–H groups in total. The highest BCUT2D eigenvalue weighted by Gasteiger charge is 2.20. The van der Waals surface area contributed by atoms with Gasteiger partial charge in [0.25, 0.3) is 15.9 Å². The van der Waals surface area contributed by atoms with Crippen LogP contribution in [0.4, 0.5) is 10.1 Å². The number of rotatable bonds is 7. The first kappa shape index (κ1) is 23.5. The molecule has 3 aromatic carbocycles. The number of halogens is 1. The predicted molar refractivity (Wildman–Crippen MR) is 125 cm³/mol. The standard InChI is InChI=1S/C25H27FN2O3S/c1-25(2,3)19-10-14-21(15-11-19)32(30,31)28-23-7-5-4-6-22(23)24(29)27-17-16-18-8-12-20(26)13-9-18/h4-15,28H,16-17H2,1-3H3,(H,27,29). The number of carbonyl (C=O) groups is 1. The van der Waals surface area contributed by atoms with Crippen LogP contribution in [0.1, 0.15) is 42.3 Å². The van der Waals surface area contributed by atoms with Gasteiger partial charge in [0.15, 0.2) is 0 Å². The number of carbonyl (C=O) groups excluding carboxylic acids is 1. The van der Waals surface area contributed by atoms with E-state index in [0.29, 0.717) is 13.0 Å². The van der Waals surface area contributed by atoms with Crippen molar-refractivity contribution in [3.8, 4) is 0 Å². The summed E-state index contributed by atoms with van der Waals surface area (Å²) in [6.45, 7) is 6.50. The molecule has 0 aliphatic heterocycles. The maximum Gasteiger partial charge on any atom is 0.261 e. The van der Waals surface area contributed by atoms with Crippen molar-refractivity contribution in [2.24, 2.45) is 0 Å². The number of hydrogen-bond donors (Lipinski definition) is 2. The van der Waals surface area contributed by atoms with Gasteiger partial charge in [-0.3, -0.25) is 9.52 Å². The predicted octanol–water partition coefficient (Wildman–Crippen LogP) is 4.90. The van der Waals surface area contributed by atoms with Crippen LogP contribution < -0.4 is 10.0 Å². The Kier molecular flexibility index (Phi) is 6.99. The van der Waals surface area contributed by atoms with Gasteiger partial charge in [0.2, 0.25) is 0 Å². The second kappa shape index (κ2) is 9.53. The molecule has 0 saturated heterocycles. The number of nitrogens with one attached hydrogen (secondary N) is 2. The van der Waals surface area contributed by atoms with Gasteiger partial charge >= 0.3 is 0 Å². The molecule has 7 heteroatoms. The van der Waals surface area contributed by atoms with E-state index in [1.165, 1.54) is 12.1 Å². The number of anilines is 1. The third-order valence-corrected chi connectivity index (χ3v) is 6.44. The van der Waals surface area contributed by atoms with Crippen LogP contribution in [0, 0.1) is 5.82 Å². The second-order valence-corrected chi connectivity index (χ2v) is 10.2. The molecule has 5 nitrogen and oxygen atoms in total. The first-order valence-electron chi connectivity index (χ1n) is 10.3. The lowest BCUT2D eigenvalue weighted by Crippen LogP contribution is -2.27. The Morgan fingerprint density at radius 1 is 0.906 bits per heavy atom. The topological polar surface area (TPSA) is 75.3 Å². The Bertz CT molecular complexity index is 1180. The van der Waals surface area contributed by atoms with E-state index in [9.17, 15) is 17.6 Å². The van der Waals surface area contributed by atoms with Crippen molar-refractivity contribution in [3.05, 3.63) is 95.3 Å². The van der Waals surface area contributed by atoms with E-state index in [1.54, 1.807) is 60.7 Å². The van der Waals surface area contributed by atoms with E-state index in [2.05, 4.69) is 30.8 Å². The number of benzene rings is 3. The minimum atomic E-state index is -3.86. The number of hydrogen-bond acceptors (Lipinski definition) is 3. The fraction of sp³-hybridized carbons (Fsp3) is 0.240. The highest BCUT2D eigenvalue weighted by Crippen LogP contribution is 2.25. The zero-order valence-corrected chi connectivity index (χ0v) is 19.2. The van der Waals surface area contributed by atoms with Gasteiger partial charge in [-0.05, 0) is 59.4 Å². The van der Waals surface area contributed by atoms with E-state index >= 15 is 0 Å². The Morgan fingerprint density at radius 2 is 1.53 bits per heavy atom. The number of para-hydroxylation sites is 1. The molecule has 3 aromatic rings. The van der Waals surface area contributed by atoms with Crippen LogP contribution in [0.5, 0.6) is 0 Å². The quantitative estimate of drug-likeness (QED) is 0.533. The van der Waals surface area contributed by atoms with Gasteiger partial charge in [0.1, 0.15) is 5.82 Å². The molecule has 0 atom stereocenters. The van der Waals surface area contributed by atoms with Crippen molar-refractivity contribution < 1.29 is 17.6 Å². The Morgan fingerprint density at radius 3 is 2.16 bits per heavy atom. The summed E-state index contributed by atoms with van der Waals surface area (Å²) in [5.41, 5.74) is 2.25. The fourth-order valence-corrected chi connectivity index (χ4v) is 4.25. The molecular formula is C25H27FN2O3S. The van der Waals surface area contributed by atoms with Gasteiger partial charge in [-0.2, -0.15) is 0 Å². The fourth-order valence-electron chi connectivity index (χ4n) is 3.17. The zero-order chi connectivity index (χ0) is 23.4. The molecule has 32 heavy (non-hydrogen) atoms. The zero-order valence-electron chi connectivity index (χ0n) is 18.4. The Labute approximate surface area is 188 Å². The Balaban J connectivity index is 1.71. The minimum Gasteiger partial charge on any atom is -0.352 e. The average molecular weight is 455 g/mol. The van der Waals surface area contributed by atoms with E-state index in [4.69, 9.17) is 0 Å². The summed E-state index contributed by atoms with van der Waals surface area (Å²) >= 11 is 0. The van der Waals surface area contributed by atoms with Crippen LogP contribution in [0.15, 0.2) is 77.7 Å². The van der Waals surface area contributed by atoms with Crippen LogP contribution in [-0.4, -0.2) is 20.9 Å². The molecule has 168 valence electrons. The molecule has 0 bridgehead atoms. The van der Waals surface area contributed by atoms with Crippen LogP contribution in [0.25, 0.3) is 0 Å². The van der Waals surface area contributed by atoms with Crippen molar-refractivity contribution in [1.29, 1.82) is 0 Å². The smallest absolute Gasteiger partial charge is 0.261 e. The van der Waals surface area contributed by atoms with Crippen molar-refractivity contribution in [1.82, 2.24) is 5.32 Å². The van der Waals surface area contributed by atoms with Gasteiger partial charge in [0, 0.05) is 6.54 Å². The molecule has 0 aliphatic carbocycles. The summed E-state index contributed by atoms with van der Waals surface area (Å²) < 4.78 is 41.3. The molecule has 1 amide bonds. The summed E-state index contributed by atoms with van der Waals surface area (Å²) in [5, 5.41) is 2.78. The minimum absolute atomic E-state index is 0.0890. The van der Waals surface area contributed by atoms with E-state index < -0.39 is 15.9 Å². The molecule has 0 saturated carbocycles. The summed E-state index contributed by atoms with van der Waals surface area (Å²) in [5.74, 6) is -0.708. The highest BCUT2D eigenvalue weighted by molar-refractivity contribution is 7.92. The SMILES string of the molecule is CC(C)(C)c1ccc(S(=O)(=O)Nc2ccccc2C(=O)NCCc2ccc(F)cc2)cc1. The third-order valence-electron chi connectivity index (χ3n) is 5.06. The molecular weight excluding hydrogens is 427 g/mol. The van der Waals surface area contributed by atoms with E-state index in [1.807, 2.05) is 0 Å². The first-order valence-corrected chi connectivity index (χ1v) is 11.8.